The molecule has 24 heavy (non-hydrogen) atoms. The SMILES string of the molecule is CCCn1ccnc1SC(C)C(=O)Nc1ccc2ccccc2c1. The van der Waals surface area contributed by atoms with E-state index in [1.807, 2.05) is 49.5 Å². The molecule has 5 heteroatoms. The highest BCUT2D eigenvalue weighted by atomic mass is 32.2. The lowest BCUT2D eigenvalue weighted by molar-refractivity contribution is -0.115. The third-order valence-corrected chi connectivity index (χ3v) is 4.93. The Morgan fingerprint density at radius 2 is 2.04 bits per heavy atom. The van der Waals surface area contributed by atoms with Crippen molar-refractivity contribution in [1.29, 1.82) is 0 Å². The van der Waals surface area contributed by atoms with Gasteiger partial charge in [-0.2, -0.15) is 0 Å². The predicted molar refractivity (Wildman–Crippen MR) is 100 cm³/mol. The number of imidazole rings is 1. The number of aromatic nitrogens is 2. The Labute approximate surface area is 146 Å². The normalized spacial score (nSPS) is 12.2. The van der Waals surface area contributed by atoms with Crippen LogP contribution in [-0.4, -0.2) is 20.7 Å². The molecule has 0 aliphatic heterocycles. The Kier molecular flexibility index (Phi) is 5.20. The van der Waals surface area contributed by atoms with Crippen LogP contribution in [0.3, 0.4) is 0 Å². The second-order valence-corrected chi connectivity index (χ2v) is 7.02. The number of aryl methyl sites for hydroxylation is 1. The molecule has 0 aliphatic rings. The molecule has 0 saturated carbocycles. The van der Waals surface area contributed by atoms with Crippen molar-refractivity contribution in [3.63, 3.8) is 0 Å². The Balaban J connectivity index is 1.67. The van der Waals surface area contributed by atoms with E-state index in [9.17, 15) is 4.79 Å². The molecular weight excluding hydrogens is 318 g/mol. The Morgan fingerprint density at radius 3 is 2.83 bits per heavy atom. The lowest BCUT2D eigenvalue weighted by Gasteiger charge is -2.13. The van der Waals surface area contributed by atoms with Crippen molar-refractivity contribution in [1.82, 2.24) is 9.55 Å². The van der Waals surface area contributed by atoms with Crippen molar-refractivity contribution in [3.8, 4) is 0 Å². The van der Waals surface area contributed by atoms with Gasteiger partial charge in [-0.05, 0) is 36.2 Å². The maximum atomic E-state index is 12.5. The minimum Gasteiger partial charge on any atom is -0.326 e. The van der Waals surface area contributed by atoms with Crippen LogP contribution in [0.15, 0.2) is 60.0 Å². The molecule has 3 rings (SSSR count). The molecule has 0 aliphatic carbocycles. The number of carbonyl (C=O) groups excluding carboxylic acids is 1. The topological polar surface area (TPSA) is 46.9 Å². The van der Waals surface area contributed by atoms with Crippen LogP contribution in [0.2, 0.25) is 0 Å². The van der Waals surface area contributed by atoms with Crippen molar-refractivity contribution in [2.45, 2.75) is 37.2 Å². The maximum Gasteiger partial charge on any atom is 0.237 e. The number of fused-ring (bicyclic) bond motifs is 1. The van der Waals surface area contributed by atoms with Crippen LogP contribution in [0.5, 0.6) is 0 Å². The van der Waals surface area contributed by atoms with Gasteiger partial charge in [-0.15, -0.1) is 0 Å². The molecule has 1 heterocycles. The van der Waals surface area contributed by atoms with Crippen LogP contribution < -0.4 is 5.32 Å². The average molecular weight is 339 g/mol. The van der Waals surface area contributed by atoms with Gasteiger partial charge < -0.3 is 9.88 Å². The van der Waals surface area contributed by atoms with Gasteiger partial charge in [0.15, 0.2) is 5.16 Å². The number of carbonyl (C=O) groups is 1. The zero-order valence-electron chi connectivity index (χ0n) is 13.9. The van der Waals surface area contributed by atoms with Gasteiger partial charge >= 0.3 is 0 Å². The summed E-state index contributed by atoms with van der Waals surface area (Å²) in [6.07, 6.45) is 4.79. The van der Waals surface area contributed by atoms with E-state index >= 15 is 0 Å². The van der Waals surface area contributed by atoms with Gasteiger partial charge in [0.25, 0.3) is 0 Å². The number of benzene rings is 2. The highest BCUT2D eigenvalue weighted by molar-refractivity contribution is 8.00. The van der Waals surface area contributed by atoms with Crippen molar-refractivity contribution >= 4 is 34.1 Å². The average Bonchev–Trinajstić information content (AvgIpc) is 3.02. The maximum absolute atomic E-state index is 12.5. The van der Waals surface area contributed by atoms with Crippen molar-refractivity contribution in [2.24, 2.45) is 0 Å². The second kappa shape index (κ2) is 7.53. The highest BCUT2D eigenvalue weighted by Crippen LogP contribution is 2.24. The molecule has 0 bridgehead atoms. The zero-order valence-corrected chi connectivity index (χ0v) is 14.7. The molecule has 124 valence electrons. The summed E-state index contributed by atoms with van der Waals surface area (Å²) in [4.78, 5) is 16.8. The molecule has 2 aromatic carbocycles. The minimum atomic E-state index is -0.213. The van der Waals surface area contributed by atoms with Crippen LogP contribution in [0, 0.1) is 0 Å². The fraction of sp³-hybridized carbons (Fsp3) is 0.263. The number of hydrogen-bond donors (Lipinski definition) is 1. The fourth-order valence-electron chi connectivity index (χ4n) is 2.55. The smallest absolute Gasteiger partial charge is 0.237 e. The third-order valence-electron chi connectivity index (χ3n) is 3.81. The van der Waals surface area contributed by atoms with Crippen LogP contribution in [0.25, 0.3) is 10.8 Å². The van der Waals surface area contributed by atoms with Crippen molar-refractivity contribution in [3.05, 3.63) is 54.9 Å². The summed E-state index contributed by atoms with van der Waals surface area (Å²) in [5.41, 5.74) is 0.822. The first-order valence-electron chi connectivity index (χ1n) is 8.15. The third kappa shape index (κ3) is 3.79. The van der Waals surface area contributed by atoms with Gasteiger partial charge in [0, 0.05) is 24.6 Å². The van der Waals surface area contributed by atoms with Crippen LogP contribution >= 0.6 is 11.8 Å². The molecule has 1 aromatic heterocycles. The van der Waals surface area contributed by atoms with Gasteiger partial charge in [-0.25, -0.2) is 4.98 Å². The van der Waals surface area contributed by atoms with E-state index in [2.05, 4.69) is 27.9 Å². The van der Waals surface area contributed by atoms with E-state index in [-0.39, 0.29) is 11.2 Å². The van der Waals surface area contributed by atoms with E-state index in [4.69, 9.17) is 0 Å². The van der Waals surface area contributed by atoms with Crippen LogP contribution in [0.1, 0.15) is 20.3 Å². The van der Waals surface area contributed by atoms with Gasteiger partial charge in [-0.3, -0.25) is 4.79 Å². The monoisotopic (exact) mass is 339 g/mol. The number of anilines is 1. The summed E-state index contributed by atoms with van der Waals surface area (Å²) in [6, 6.07) is 14.1. The first-order chi connectivity index (χ1) is 11.7. The molecule has 1 atom stereocenters. The molecule has 0 radical (unpaired) electrons. The number of hydrogen-bond acceptors (Lipinski definition) is 3. The summed E-state index contributed by atoms with van der Waals surface area (Å²) in [5.74, 6) is -0.0127. The summed E-state index contributed by atoms with van der Waals surface area (Å²) >= 11 is 1.49. The lowest BCUT2D eigenvalue weighted by atomic mass is 10.1. The number of thioether (sulfide) groups is 1. The van der Waals surface area contributed by atoms with Crippen molar-refractivity contribution in [2.75, 3.05) is 5.32 Å². The molecular formula is C19H21N3OS. The fourth-order valence-corrected chi connectivity index (χ4v) is 3.44. The van der Waals surface area contributed by atoms with Crippen LogP contribution in [0.4, 0.5) is 5.69 Å². The Bertz CT molecular complexity index is 843. The minimum absolute atomic E-state index is 0.0127. The zero-order chi connectivity index (χ0) is 16.9. The summed E-state index contributed by atoms with van der Waals surface area (Å²) in [5, 5.41) is 5.96. The van der Waals surface area contributed by atoms with E-state index < -0.39 is 0 Å². The molecule has 3 aromatic rings. The molecule has 1 amide bonds. The standard InChI is InChI=1S/C19H21N3OS/c1-3-11-22-12-10-20-19(22)24-14(2)18(23)21-17-9-8-15-6-4-5-7-16(15)13-17/h4-10,12-14H,3,11H2,1-2H3,(H,21,23). The molecule has 0 fully saturated rings. The quantitative estimate of drug-likeness (QED) is 0.669. The van der Waals surface area contributed by atoms with E-state index in [1.54, 1.807) is 6.20 Å². The number of amides is 1. The molecule has 0 saturated heterocycles. The van der Waals surface area contributed by atoms with E-state index in [0.717, 1.165) is 29.2 Å². The van der Waals surface area contributed by atoms with Gasteiger partial charge in [-0.1, -0.05) is 49.0 Å². The largest absolute Gasteiger partial charge is 0.326 e. The van der Waals surface area contributed by atoms with E-state index in [0.29, 0.717) is 0 Å². The Morgan fingerprint density at radius 1 is 1.25 bits per heavy atom. The highest BCUT2D eigenvalue weighted by Gasteiger charge is 2.17. The van der Waals surface area contributed by atoms with Gasteiger partial charge in [0.1, 0.15) is 0 Å². The van der Waals surface area contributed by atoms with E-state index in [1.165, 1.54) is 17.1 Å². The first kappa shape index (κ1) is 16.6. The van der Waals surface area contributed by atoms with Gasteiger partial charge in [0.2, 0.25) is 5.91 Å². The van der Waals surface area contributed by atoms with Crippen LogP contribution in [-0.2, 0) is 11.3 Å². The summed E-state index contributed by atoms with van der Waals surface area (Å²) in [6.45, 7) is 4.96. The van der Waals surface area contributed by atoms with Gasteiger partial charge in [0.05, 0.1) is 5.25 Å². The first-order valence-corrected chi connectivity index (χ1v) is 9.03. The number of nitrogens with zero attached hydrogens (tertiary/aromatic N) is 2. The molecule has 0 spiro atoms. The lowest BCUT2D eigenvalue weighted by Crippen LogP contribution is -2.22. The second-order valence-electron chi connectivity index (χ2n) is 5.71. The predicted octanol–water partition coefficient (Wildman–Crippen LogP) is 4.57. The molecule has 4 nitrogen and oxygen atoms in total. The summed E-state index contributed by atoms with van der Waals surface area (Å²) in [7, 11) is 0. The van der Waals surface area contributed by atoms with Crippen molar-refractivity contribution < 1.29 is 4.79 Å². The number of nitrogens with one attached hydrogen (secondary N) is 1. The molecule has 1 unspecified atom stereocenters. The molecule has 1 N–H and O–H groups in total. The number of rotatable bonds is 6. The summed E-state index contributed by atoms with van der Waals surface area (Å²) < 4.78 is 2.09. The Hall–Kier alpha value is -2.27.